The Morgan fingerprint density at radius 1 is 1.25 bits per heavy atom. The Morgan fingerprint density at radius 2 is 1.93 bits per heavy atom. The van der Waals surface area contributed by atoms with E-state index >= 15 is 0 Å². The number of rotatable bonds is 9. The van der Waals surface area contributed by atoms with Gasteiger partial charge in [0.05, 0.1) is 17.1 Å². The molecule has 1 saturated carbocycles. The van der Waals surface area contributed by atoms with Crippen LogP contribution in [0.1, 0.15) is 36.0 Å². The second-order valence-corrected chi connectivity index (χ2v) is 8.92. The van der Waals surface area contributed by atoms with E-state index in [2.05, 4.69) is 10.6 Å². The minimum atomic E-state index is -3.75. The summed E-state index contributed by atoms with van der Waals surface area (Å²) in [5.74, 6) is -1.21. The Morgan fingerprint density at radius 3 is 2.54 bits per heavy atom. The number of sulfonamides is 1. The first kappa shape index (κ1) is 22.1. The molecule has 0 unspecified atom stereocenters. The van der Waals surface area contributed by atoms with Crippen LogP contribution in [-0.4, -0.2) is 69.6 Å². The van der Waals surface area contributed by atoms with Gasteiger partial charge >= 0.3 is 5.97 Å². The highest BCUT2D eigenvalue weighted by Gasteiger charge is 2.23. The molecule has 1 aliphatic carbocycles. The summed E-state index contributed by atoms with van der Waals surface area (Å²) in [6, 6.07) is 4.10. The number of nitrogens with one attached hydrogen (secondary N) is 2. The van der Waals surface area contributed by atoms with Crippen LogP contribution >= 0.6 is 0 Å². The van der Waals surface area contributed by atoms with Crippen molar-refractivity contribution in [3.8, 4) is 0 Å². The maximum Gasteiger partial charge on any atom is 0.340 e. The van der Waals surface area contributed by atoms with Gasteiger partial charge in [-0.25, -0.2) is 17.5 Å². The van der Waals surface area contributed by atoms with Crippen LogP contribution in [0.5, 0.6) is 0 Å². The highest BCUT2D eigenvalue weighted by molar-refractivity contribution is 7.89. The van der Waals surface area contributed by atoms with Crippen molar-refractivity contribution in [2.24, 2.45) is 0 Å². The van der Waals surface area contributed by atoms with Crippen molar-refractivity contribution in [3.05, 3.63) is 23.8 Å². The molecule has 2 rings (SSSR count). The third kappa shape index (κ3) is 5.66. The third-order valence-corrected chi connectivity index (χ3v) is 6.28. The molecule has 0 radical (unpaired) electrons. The van der Waals surface area contributed by atoms with E-state index in [1.165, 1.54) is 32.3 Å². The smallest absolute Gasteiger partial charge is 0.340 e. The van der Waals surface area contributed by atoms with Gasteiger partial charge in [-0.1, -0.05) is 12.8 Å². The van der Waals surface area contributed by atoms with Crippen molar-refractivity contribution >= 4 is 27.6 Å². The van der Waals surface area contributed by atoms with Gasteiger partial charge in [0.15, 0.2) is 6.61 Å². The first-order valence-corrected chi connectivity index (χ1v) is 10.6. The van der Waals surface area contributed by atoms with Crippen LogP contribution in [-0.2, 0) is 19.6 Å². The lowest BCUT2D eigenvalue weighted by Gasteiger charge is -2.16. The number of esters is 1. The third-order valence-electron chi connectivity index (χ3n) is 4.47. The Bertz CT molecular complexity index is 804. The Hall–Kier alpha value is -2.17. The Labute approximate surface area is 165 Å². The van der Waals surface area contributed by atoms with Gasteiger partial charge < -0.3 is 20.5 Å². The Kier molecular flexibility index (Phi) is 7.78. The summed E-state index contributed by atoms with van der Waals surface area (Å²) < 4.78 is 30.8. The van der Waals surface area contributed by atoms with Crippen LogP contribution in [0, 0.1) is 0 Å². The molecular weight excluding hydrogens is 386 g/mol. The molecule has 1 aromatic rings. The molecule has 0 bridgehead atoms. The van der Waals surface area contributed by atoms with E-state index in [1.807, 2.05) is 0 Å². The summed E-state index contributed by atoms with van der Waals surface area (Å²) in [7, 11) is -0.973. The van der Waals surface area contributed by atoms with Gasteiger partial charge in [-0.3, -0.25) is 4.79 Å². The topological polar surface area (TPSA) is 125 Å². The predicted molar refractivity (Wildman–Crippen MR) is 104 cm³/mol. The summed E-state index contributed by atoms with van der Waals surface area (Å²) in [4.78, 5) is 24.4. The molecule has 1 amide bonds. The fourth-order valence-electron chi connectivity index (χ4n) is 2.96. The predicted octanol–water partition coefficient (Wildman–Crippen LogP) is 0.557. The molecule has 3 N–H and O–H groups in total. The second kappa shape index (κ2) is 9.85. The zero-order chi connectivity index (χ0) is 20.7. The molecule has 0 aromatic heterocycles. The molecule has 9 nitrogen and oxygen atoms in total. The van der Waals surface area contributed by atoms with Crippen LogP contribution in [0.4, 0.5) is 5.69 Å². The Balaban J connectivity index is 2.14. The minimum Gasteiger partial charge on any atom is -0.452 e. The first-order chi connectivity index (χ1) is 13.3. The molecule has 156 valence electrons. The summed E-state index contributed by atoms with van der Waals surface area (Å²) in [6.07, 6.45) is 3.97. The fourth-order valence-corrected chi connectivity index (χ4v) is 3.89. The molecule has 1 aromatic carbocycles. The van der Waals surface area contributed by atoms with E-state index < -0.39 is 22.6 Å². The number of anilines is 1. The van der Waals surface area contributed by atoms with Gasteiger partial charge in [0.25, 0.3) is 5.91 Å². The molecule has 0 aliphatic heterocycles. The number of nitrogens with zero attached hydrogens (tertiary/aromatic N) is 1. The quantitative estimate of drug-likeness (QED) is 0.505. The van der Waals surface area contributed by atoms with Gasteiger partial charge in [0.2, 0.25) is 10.0 Å². The number of ether oxygens (including phenoxy) is 1. The van der Waals surface area contributed by atoms with E-state index in [9.17, 15) is 18.0 Å². The van der Waals surface area contributed by atoms with Gasteiger partial charge in [0.1, 0.15) is 0 Å². The standard InChI is InChI=1S/C18H27N3O6S/c1-21(2)28(25,26)14-7-8-16(19-9-10-22)15(11-14)18(24)27-12-17(23)20-13-5-3-4-6-13/h7-8,11,13,19,22H,3-6,9-10,12H2,1-2H3,(H,20,23). The highest BCUT2D eigenvalue weighted by Crippen LogP contribution is 2.23. The molecule has 1 fully saturated rings. The number of hydrogen-bond donors (Lipinski definition) is 3. The van der Waals surface area contributed by atoms with Crippen LogP contribution in [0.3, 0.4) is 0 Å². The van der Waals surface area contributed by atoms with Crippen molar-refractivity contribution in [2.45, 2.75) is 36.6 Å². The monoisotopic (exact) mass is 413 g/mol. The lowest BCUT2D eigenvalue weighted by Crippen LogP contribution is -2.36. The number of aliphatic hydroxyl groups excluding tert-OH is 1. The molecule has 10 heteroatoms. The lowest BCUT2D eigenvalue weighted by molar-refractivity contribution is -0.124. The second-order valence-electron chi connectivity index (χ2n) is 6.77. The SMILES string of the molecule is CN(C)S(=O)(=O)c1ccc(NCCO)c(C(=O)OCC(=O)NC2CCCC2)c1. The zero-order valence-corrected chi connectivity index (χ0v) is 16.9. The number of carbonyl (C=O) groups excluding carboxylic acids is 2. The first-order valence-electron chi connectivity index (χ1n) is 9.13. The average molecular weight is 413 g/mol. The molecule has 1 aliphatic rings. The van der Waals surface area contributed by atoms with Crippen LogP contribution in [0.25, 0.3) is 0 Å². The molecule has 0 spiro atoms. The van der Waals surface area contributed by atoms with Crippen molar-refractivity contribution in [2.75, 3.05) is 39.2 Å². The average Bonchev–Trinajstić information content (AvgIpc) is 3.17. The zero-order valence-electron chi connectivity index (χ0n) is 16.1. The summed E-state index contributed by atoms with van der Waals surface area (Å²) >= 11 is 0. The normalized spacial score (nSPS) is 14.9. The van der Waals surface area contributed by atoms with E-state index in [1.54, 1.807) is 0 Å². The van der Waals surface area contributed by atoms with Crippen molar-refractivity contribution < 1.29 is 27.9 Å². The number of benzene rings is 1. The van der Waals surface area contributed by atoms with Crippen LogP contribution in [0.15, 0.2) is 23.1 Å². The molecule has 0 atom stereocenters. The van der Waals surface area contributed by atoms with Gasteiger partial charge in [-0.2, -0.15) is 0 Å². The largest absolute Gasteiger partial charge is 0.452 e. The van der Waals surface area contributed by atoms with Crippen molar-refractivity contribution in [1.82, 2.24) is 9.62 Å². The number of amides is 1. The molecule has 28 heavy (non-hydrogen) atoms. The fraction of sp³-hybridized carbons (Fsp3) is 0.556. The van der Waals surface area contributed by atoms with E-state index in [0.717, 1.165) is 30.0 Å². The van der Waals surface area contributed by atoms with Crippen LogP contribution in [0.2, 0.25) is 0 Å². The summed E-state index contributed by atoms with van der Waals surface area (Å²) in [6.45, 7) is -0.447. The molecule has 0 heterocycles. The summed E-state index contributed by atoms with van der Waals surface area (Å²) in [5, 5.41) is 14.6. The van der Waals surface area contributed by atoms with Crippen molar-refractivity contribution in [1.29, 1.82) is 0 Å². The maximum atomic E-state index is 12.5. The van der Waals surface area contributed by atoms with E-state index in [0.29, 0.717) is 5.69 Å². The van der Waals surface area contributed by atoms with E-state index in [4.69, 9.17) is 9.84 Å². The lowest BCUT2D eigenvalue weighted by atomic mass is 10.2. The number of hydrogen-bond acceptors (Lipinski definition) is 7. The maximum absolute atomic E-state index is 12.5. The minimum absolute atomic E-state index is 0.0231. The van der Waals surface area contributed by atoms with Gasteiger partial charge in [-0.15, -0.1) is 0 Å². The van der Waals surface area contributed by atoms with Crippen molar-refractivity contribution in [3.63, 3.8) is 0 Å². The van der Waals surface area contributed by atoms with Gasteiger partial charge in [-0.05, 0) is 31.0 Å². The number of carbonyl (C=O) groups is 2. The highest BCUT2D eigenvalue weighted by atomic mass is 32.2. The molecular formula is C18H27N3O6S. The molecule has 0 saturated heterocycles. The van der Waals surface area contributed by atoms with Crippen LogP contribution < -0.4 is 10.6 Å². The van der Waals surface area contributed by atoms with E-state index in [-0.39, 0.29) is 35.6 Å². The summed E-state index contributed by atoms with van der Waals surface area (Å²) in [5.41, 5.74) is 0.290. The van der Waals surface area contributed by atoms with Gasteiger partial charge in [0, 0.05) is 32.4 Å². The number of aliphatic hydroxyl groups is 1.